The number of benzene rings is 3. The number of para-hydroxylation sites is 2. The van der Waals surface area contributed by atoms with E-state index in [1.54, 1.807) is 49.4 Å². The maximum absolute atomic E-state index is 13.0. The normalized spacial score (nSPS) is 11.4. The number of nitrogens with one attached hydrogen (secondary N) is 1. The smallest absolute Gasteiger partial charge is 0.265 e. The summed E-state index contributed by atoms with van der Waals surface area (Å²) in [6.07, 6.45) is -0.765. The van der Waals surface area contributed by atoms with Gasteiger partial charge in [-0.3, -0.25) is 9.59 Å². The molecule has 0 aliphatic heterocycles. The molecule has 0 saturated carbocycles. The highest BCUT2D eigenvalue weighted by molar-refractivity contribution is 6.09. The molecule has 0 fully saturated rings. The molecule has 1 N–H and O–H groups in total. The molecule has 148 valence electrons. The van der Waals surface area contributed by atoms with Crippen molar-refractivity contribution in [3.05, 3.63) is 89.7 Å². The van der Waals surface area contributed by atoms with Gasteiger partial charge in [-0.15, -0.1) is 0 Å². The second-order valence-electron chi connectivity index (χ2n) is 6.31. The number of anilines is 1. The van der Waals surface area contributed by atoms with Crippen molar-refractivity contribution < 1.29 is 23.5 Å². The van der Waals surface area contributed by atoms with Crippen LogP contribution in [-0.4, -0.2) is 24.9 Å². The van der Waals surface area contributed by atoms with Gasteiger partial charge in [0.1, 0.15) is 17.3 Å². The third-order valence-corrected chi connectivity index (χ3v) is 4.27. The molecule has 0 radical (unpaired) electrons. The summed E-state index contributed by atoms with van der Waals surface area (Å²) >= 11 is 0. The number of rotatable bonds is 7. The number of carbonyl (C=O) groups excluding carboxylic acids is 2. The van der Waals surface area contributed by atoms with Crippen molar-refractivity contribution in [1.29, 1.82) is 0 Å². The molecule has 3 rings (SSSR count). The number of halogens is 1. The fourth-order valence-electron chi connectivity index (χ4n) is 2.69. The van der Waals surface area contributed by atoms with E-state index in [4.69, 9.17) is 9.47 Å². The molecule has 3 aromatic rings. The SMILES string of the molecule is COc1ccccc1NC(=O)[C@H](C)Oc1ccc(C(=O)c2ccc(F)cc2)cc1. The predicted molar refractivity (Wildman–Crippen MR) is 108 cm³/mol. The minimum Gasteiger partial charge on any atom is -0.495 e. The molecule has 0 bridgehead atoms. The van der Waals surface area contributed by atoms with Gasteiger partial charge in [0.15, 0.2) is 11.9 Å². The highest BCUT2D eigenvalue weighted by Gasteiger charge is 2.17. The van der Waals surface area contributed by atoms with Crippen molar-refractivity contribution in [2.45, 2.75) is 13.0 Å². The first-order valence-corrected chi connectivity index (χ1v) is 8.99. The predicted octanol–water partition coefficient (Wildman–Crippen LogP) is 4.47. The number of methoxy groups -OCH3 is 1. The van der Waals surface area contributed by atoms with E-state index in [2.05, 4.69) is 5.32 Å². The van der Waals surface area contributed by atoms with Crippen LogP contribution >= 0.6 is 0 Å². The van der Waals surface area contributed by atoms with Crippen molar-refractivity contribution in [3.8, 4) is 11.5 Å². The van der Waals surface area contributed by atoms with Gasteiger partial charge in [-0.2, -0.15) is 0 Å². The molecule has 0 unspecified atom stereocenters. The molecular formula is C23H20FNO4. The van der Waals surface area contributed by atoms with E-state index in [0.717, 1.165) is 0 Å². The molecule has 0 heterocycles. The summed E-state index contributed by atoms with van der Waals surface area (Å²) in [7, 11) is 1.53. The molecule has 5 nitrogen and oxygen atoms in total. The zero-order valence-corrected chi connectivity index (χ0v) is 16.0. The molecule has 0 saturated heterocycles. The average molecular weight is 393 g/mol. The van der Waals surface area contributed by atoms with Gasteiger partial charge in [0.05, 0.1) is 12.8 Å². The Kier molecular flexibility index (Phi) is 6.24. The maximum Gasteiger partial charge on any atom is 0.265 e. The van der Waals surface area contributed by atoms with Crippen LogP contribution in [0.2, 0.25) is 0 Å². The first-order valence-electron chi connectivity index (χ1n) is 8.99. The third-order valence-electron chi connectivity index (χ3n) is 4.27. The third kappa shape index (κ3) is 4.99. The Balaban J connectivity index is 1.63. The lowest BCUT2D eigenvalue weighted by molar-refractivity contribution is -0.122. The highest BCUT2D eigenvalue weighted by Crippen LogP contribution is 2.24. The molecule has 0 aromatic heterocycles. The minimum absolute atomic E-state index is 0.224. The maximum atomic E-state index is 13.0. The Morgan fingerprint density at radius 3 is 2.10 bits per heavy atom. The molecule has 29 heavy (non-hydrogen) atoms. The van der Waals surface area contributed by atoms with E-state index in [1.165, 1.54) is 31.4 Å². The summed E-state index contributed by atoms with van der Waals surface area (Å²) in [6.45, 7) is 1.63. The van der Waals surface area contributed by atoms with E-state index >= 15 is 0 Å². The number of carbonyl (C=O) groups is 2. The van der Waals surface area contributed by atoms with Crippen LogP contribution < -0.4 is 14.8 Å². The lowest BCUT2D eigenvalue weighted by Gasteiger charge is -2.16. The summed E-state index contributed by atoms with van der Waals surface area (Å²) in [5.74, 6) is 0.0465. The minimum atomic E-state index is -0.765. The fourth-order valence-corrected chi connectivity index (χ4v) is 2.69. The lowest BCUT2D eigenvalue weighted by atomic mass is 10.0. The molecule has 1 amide bonds. The van der Waals surface area contributed by atoms with Crippen LogP contribution in [0.4, 0.5) is 10.1 Å². The van der Waals surface area contributed by atoms with E-state index in [9.17, 15) is 14.0 Å². The summed E-state index contributed by atoms with van der Waals surface area (Å²) < 4.78 is 23.9. The van der Waals surface area contributed by atoms with Gasteiger partial charge in [-0.25, -0.2) is 4.39 Å². The number of hydrogen-bond acceptors (Lipinski definition) is 4. The van der Waals surface area contributed by atoms with Crippen LogP contribution in [0.15, 0.2) is 72.8 Å². The number of ether oxygens (including phenoxy) is 2. The zero-order valence-electron chi connectivity index (χ0n) is 16.0. The van der Waals surface area contributed by atoms with Crippen molar-refractivity contribution in [1.82, 2.24) is 0 Å². The summed E-state index contributed by atoms with van der Waals surface area (Å²) in [6, 6.07) is 18.9. The molecule has 0 aliphatic carbocycles. The molecule has 6 heteroatoms. The van der Waals surface area contributed by atoms with E-state index in [-0.39, 0.29) is 11.7 Å². The van der Waals surface area contributed by atoms with Crippen LogP contribution in [0.1, 0.15) is 22.8 Å². The van der Waals surface area contributed by atoms with Crippen LogP contribution in [0.5, 0.6) is 11.5 Å². The van der Waals surface area contributed by atoms with Crippen molar-refractivity contribution in [2.75, 3.05) is 12.4 Å². The monoisotopic (exact) mass is 393 g/mol. The topological polar surface area (TPSA) is 64.6 Å². The quantitative estimate of drug-likeness (QED) is 0.602. The number of amides is 1. The lowest BCUT2D eigenvalue weighted by Crippen LogP contribution is -2.30. The average Bonchev–Trinajstić information content (AvgIpc) is 2.74. The Bertz CT molecular complexity index is 1000. The van der Waals surface area contributed by atoms with Crippen molar-refractivity contribution in [2.24, 2.45) is 0 Å². The Morgan fingerprint density at radius 2 is 1.48 bits per heavy atom. The summed E-state index contributed by atoms with van der Waals surface area (Å²) in [4.78, 5) is 24.8. The van der Waals surface area contributed by atoms with Gasteiger partial charge < -0.3 is 14.8 Å². The van der Waals surface area contributed by atoms with E-state index in [1.807, 2.05) is 6.07 Å². The van der Waals surface area contributed by atoms with Crippen LogP contribution in [0, 0.1) is 5.82 Å². The Hall–Kier alpha value is -3.67. The molecular weight excluding hydrogens is 373 g/mol. The Labute approximate surface area is 168 Å². The second-order valence-corrected chi connectivity index (χ2v) is 6.31. The molecule has 0 spiro atoms. The summed E-state index contributed by atoms with van der Waals surface area (Å²) in [5, 5.41) is 2.76. The van der Waals surface area contributed by atoms with E-state index < -0.39 is 11.9 Å². The van der Waals surface area contributed by atoms with Gasteiger partial charge in [0, 0.05) is 11.1 Å². The first kappa shape index (κ1) is 20.1. The first-order chi connectivity index (χ1) is 14.0. The molecule has 1 atom stereocenters. The fraction of sp³-hybridized carbons (Fsp3) is 0.130. The van der Waals surface area contributed by atoms with Crippen LogP contribution in [0.25, 0.3) is 0 Å². The van der Waals surface area contributed by atoms with Crippen molar-refractivity contribution >= 4 is 17.4 Å². The van der Waals surface area contributed by atoms with Crippen LogP contribution in [0.3, 0.4) is 0 Å². The van der Waals surface area contributed by atoms with Crippen LogP contribution in [-0.2, 0) is 4.79 Å². The molecule has 3 aromatic carbocycles. The highest BCUT2D eigenvalue weighted by atomic mass is 19.1. The largest absolute Gasteiger partial charge is 0.495 e. The standard InChI is InChI=1S/C23H20FNO4/c1-15(23(27)25-20-5-3-4-6-21(20)28-2)29-19-13-9-17(10-14-19)22(26)16-7-11-18(24)12-8-16/h3-15H,1-2H3,(H,25,27)/t15-/m0/s1. The summed E-state index contributed by atoms with van der Waals surface area (Å²) in [5.41, 5.74) is 1.38. The van der Waals surface area contributed by atoms with Gasteiger partial charge >= 0.3 is 0 Å². The van der Waals surface area contributed by atoms with Gasteiger partial charge in [0.25, 0.3) is 5.91 Å². The molecule has 0 aliphatic rings. The van der Waals surface area contributed by atoms with Gasteiger partial charge in [-0.05, 0) is 67.6 Å². The second kappa shape index (κ2) is 9.01. The van der Waals surface area contributed by atoms with Gasteiger partial charge in [-0.1, -0.05) is 12.1 Å². The number of ketones is 1. The van der Waals surface area contributed by atoms with Crippen molar-refractivity contribution in [3.63, 3.8) is 0 Å². The number of hydrogen-bond donors (Lipinski definition) is 1. The van der Waals surface area contributed by atoms with E-state index in [0.29, 0.717) is 28.3 Å². The van der Waals surface area contributed by atoms with Gasteiger partial charge in [0.2, 0.25) is 0 Å². The zero-order chi connectivity index (χ0) is 20.8. The Morgan fingerprint density at radius 1 is 0.897 bits per heavy atom.